The predicted molar refractivity (Wildman–Crippen MR) is 156 cm³/mol. The summed E-state index contributed by atoms with van der Waals surface area (Å²) in [5.41, 5.74) is 0.517. The minimum absolute atomic E-state index is 0.0200. The Morgan fingerprint density at radius 3 is 2.42 bits per heavy atom. The Labute approximate surface area is 248 Å². The largest absolute Gasteiger partial charge is 0.481 e. The number of likely N-dealkylation sites (tertiary alicyclic amines) is 1. The van der Waals surface area contributed by atoms with E-state index in [0.29, 0.717) is 16.5 Å². The van der Waals surface area contributed by atoms with Gasteiger partial charge in [-0.2, -0.15) is 0 Å². The molecular weight excluding hydrogens is 591 g/mol. The van der Waals surface area contributed by atoms with E-state index in [2.05, 4.69) is 4.72 Å². The first-order valence-electron chi connectivity index (χ1n) is 13.1. The van der Waals surface area contributed by atoms with Gasteiger partial charge in [-0.3, -0.25) is 9.59 Å². The van der Waals surface area contributed by atoms with E-state index < -0.39 is 33.5 Å². The third-order valence-corrected chi connectivity index (χ3v) is 11.2. The predicted octanol–water partition coefficient (Wildman–Crippen LogP) is 6.35. The van der Waals surface area contributed by atoms with Crippen LogP contribution in [0, 0.1) is 11.3 Å². The molecule has 1 aliphatic carbocycles. The summed E-state index contributed by atoms with van der Waals surface area (Å²) < 4.78 is 29.1. The highest BCUT2D eigenvalue weighted by atomic mass is 35.5. The Morgan fingerprint density at radius 1 is 1.10 bits per heavy atom. The van der Waals surface area contributed by atoms with Crippen molar-refractivity contribution >= 4 is 56.4 Å². The molecule has 2 heterocycles. The van der Waals surface area contributed by atoms with Crippen molar-refractivity contribution in [3.63, 3.8) is 0 Å². The second-order valence-corrected chi connectivity index (χ2v) is 14.7. The first-order valence-corrected chi connectivity index (χ1v) is 16.2. The molecule has 5 rings (SSSR count). The summed E-state index contributed by atoms with van der Waals surface area (Å²) in [6.45, 7) is 1.72. The molecular formula is C29H30Cl2N2O5S2. The molecule has 2 N–H and O–H groups in total. The first kappa shape index (κ1) is 29.1. The number of nitrogens with one attached hydrogen (secondary N) is 1. The first-order chi connectivity index (χ1) is 19.0. The van der Waals surface area contributed by atoms with Crippen molar-refractivity contribution in [3.05, 3.63) is 87.2 Å². The highest BCUT2D eigenvalue weighted by Gasteiger charge is 2.54. The van der Waals surface area contributed by atoms with Gasteiger partial charge < -0.3 is 10.0 Å². The zero-order chi connectivity index (χ0) is 28.7. The van der Waals surface area contributed by atoms with E-state index in [9.17, 15) is 23.1 Å². The van der Waals surface area contributed by atoms with Crippen LogP contribution in [0.25, 0.3) is 0 Å². The summed E-state index contributed by atoms with van der Waals surface area (Å²) in [5, 5.41) is 12.6. The number of carbonyl (C=O) groups is 2. The minimum atomic E-state index is -3.78. The number of amides is 1. The smallest absolute Gasteiger partial charge is 0.304 e. The number of halogens is 2. The van der Waals surface area contributed by atoms with Gasteiger partial charge in [0.1, 0.15) is 4.21 Å². The number of rotatable bonds is 10. The average molecular weight is 622 g/mol. The molecule has 0 bridgehead atoms. The van der Waals surface area contributed by atoms with E-state index in [4.69, 9.17) is 23.2 Å². The van der Waals surface area contributed by atoms with Gasteiger partial charge in [0.25, 0.3) is 0 Å². The molecule has 2 aliphatic rings. The lowest BCUT2D eigenvalue weighted by Gasteiger charge is -2.52. The molecule has 1 aromatic heterocycles. The summed E-state index contributed by atoms with van der Waals surface area (Å²) in [7, 11) is -3.78. The standard InChI is InChI=1S/C29H30Cl2N2O5S2/c1-29(16-25(34)35)15-23(20-4-2-5-22(31)14-20)27(19-9-11-21(30)12-10-19)33(28(29)36)24(18-7-8-18)17-32-40(37,38)26-6-3-13-39-26/h2-6,9-14,18,23-24,27,32H,7-8,15-17H2,1H3,(H,34,35)/t23?,24-,27-,29-/m1/s1. The molecule has 1 aliphatic heterocycles. The van der Waals surface area contributed by atoms with Gasteiger partial charge in [-0.25, -0.2) is 13.1 Å². The molecule has 2 aromatic carbocycles. The van der Waals surface area contributed by atoms with Crippen molar-refractivity contribution in [2.45, 2.75) is 54.8 Å². The van der Waals surface area contributed by atoms with Crippen LogP contribution in [0.3, 0.4) is 0 Å². The third kappa shape index (κ3) is 6.09. The van der Waals surface area contributed by atoms with Crippen molar-refractivity contribution < 1.29 is 23.1 Å². The van der Waals surface area contributed by atoms with Crippen LogP contribution < -0.4 is 4.72 Å². The molecule has 3 aromatic rings. The molecule has 40 heavy (non-hydrogen) atoms. The number of sulfonamides is 1. The zero-order valence-corrected chi connectivity index (χ0v) is 24.9. The maximum atomic E-state index is 14.4. The number of hydrogen-bond donors (Lipinski definition) is 2. The number of carboxylic acids is 1. The highest BCUT2D eigenvalue weighted by Crippen LogP contribution is 2.54. The number of aliphatic carboxylic acids is 1. The van der Waals surface area contributed by atoms with E-state index in [1.165, 1.54) is 0 Å². The number of thiophene rings is 1. The number of benzene rings is 2. The topological polar surface area (TPSA) is 104 Å². The molecule has 0 spiro atoms. The van der Waals surface area contributed by atoms with E-state index in [-0.39, 0.29) is 34.9 Å². The summed E-state index contributed by atoms with van der Waals surface area (Å²) in [6, 6.07) is 17.0. The molecule has 1 saturated heterocycles. The van der Waals surface area contributed by atoms with E-state index >= 15 is 0 Å². The maximum absolute atomic E-state index is 14.4. The summed E-state index contributed by atoms with van der Waals surface area (Å²) >= 11 is 13.8. The van der Waals surface area contributed by atoms with Gasteiger partial charge in [-0.05, 0) is 72.0 Å². The van der Waals surface area contributed by atoms with Crippen LogP contribution in [0.2, 0.25) is 10.0 Å². The Bertz CT molecular complexity index is 1490. The van der Waals surface area contributed by atoms with Gasteiger partial charge in [0.2, 0.25) is 15.9 Å². The third-order valence-electron chi connectivity index (χ3n) is 7.90. The van der Waals surface area contributed by atoms with Gasteiger partial charge in [-0.15, -0.1) is 11.3 Å². The highest BCUT2D eigenvalue weighted by molar-refractivity contribution is 7.91. The molecule has 7 nitrogen and oxygen atoms in total. The van der Waals surface area contributed by atoms with Crippen LogP contribution in [0.1, 0.15) is 55.7 Å². The molecule has 212 valence electrons. The molecule has 1 saturated carbocycles. The normalized spacial score (nSPS) is 24.2. The Hall–Kier alpha value is -2.43. The van der Waals surface area contributed by atoms with Crippen LogP contribution in [-0.4, -0.2) is 42.9 Å². The second kappa shape index (κ2) is 11.4. The monoisotopic (exact) mass is 620 g/mol. The average Bonchev–Trinajstić information content (AvgIpc) is 3.57. The van der Waals surface area contributed by atoms with Gasteiger partial charge in [0.05, 0.1) is 17.9 Å². The SMILES string of the molecule is C[C@]1(CC(=O)O)CC(c2cccc(Cl)c2)[C@@H](c2ccc(Cl)cc2)N([C@H](CNS(=O)(=O)c2cccs2)C2CC2)C1=O. The van der Waals surface area contributed by atoms with Gasteiger partial charge in [0, 0.05) is 28.5 Å². The molecule has 4 atom stereocenters. The fraction of sp³-hybridized carbons (Fsp3) is 0.379. The summed E-state index contributed by atoms with van der Waals surface area (Å²) in [4.78, 5) is 28.2. The molecule has 1 unspecified atom stereocenters. The zero-order valence-electron chi connectivity index (χ0n) is 21.8. The molecule has 11 heteroatoms. The van der Waals surface area contributed by atoms with Crippen LogP contribution >= 0.6 is 34.5 Å². The lowest BCUT2D eigenvalue weighted by molar-refractivity contribution is -0.161. The number of carbonyl (C=O) groups excluding carboxylic acids is 1. The number of nitrogens with zero attached hydrogens (tertiary/aromatic N) is 1. The van der Waals surface area contributed by atoms with E-state index in [1.807, 2.05) is 30.3 Å². The van der Waals surface area contributed by atoms with Crippen molar-refractivity contribution in [1.82, 2.24) is 9.62 Å². The maximum Gasteiger partial charge on any atom is 0.304 e. The van der Waals surface area contributed by atoms with E-state index in [0.717, 1.165) is 35.3 Å². The van der Waals surface area contributed by atoms with Crippen molar-refractivity contribution in [2.24, 2.45) is 11.3 Å². The molecule has 0 radical (unpaired) electrons. The van der Waals surface area contributed by atoms with Crippen molar-refractivity contribution in [3.8, 4) is 0 Å². The molecule has 1 amide bonds. The summed E-state index contributed by atoms with van der Waals surface area (Å²) in [6.07, 6.45) is 1.64. The Balaban J connectivity index is 1.63. The minimum Gasteiger partial charge on any atom is -0.481 e. The van der Waals surface area contributed by atoms with Crippen molar-refractivity contribution in [1.29, 1.82) is 0 Å². The Kier molecular flexibility index (Phi) is 8.32. The fourth-order valence-electron chi connectivity index (χ4n) is 5.90. The lowest BCUT2D eigenvalue weighted by atomic mass is 9.67. The summed E-state index contributed by atoms with van der Waals surface area (Å²) in [5.74, 6) is -1.57. The number of hydrogen-bond acceptors (Lipinski definition) is 5. The fourth-order valence-corrected chi connectivity index (χ4v) is 8.31. The van der Waals surface area contributed by atoms with Crippen LogP contribution in [0.15, 0.2) is 70.3 Å². The van der Waals surface area contributed by atoms with Gasteiger partial charge in [-0.1, -0.05) is 60.5 Å². The number of piperidine rings is 1. The number of carboxylic acid groups (broad SMARTS) is 1. The Morgan fingerprint density at radius 2 is 1.82 bits per heavy atom. The van der Waals surface area contributed by atoms with Crippen LogP contribution in [-0.2, 0) is 19.6 Å². The van der Waals surface area contributed by atoms with Crippen LogP contribution in [0.5, 0.6) is 0 Å². The molecule has 2 fully saturated rings. The van der Waals surface area contributed by atoms with E-state index in [1.54, 1.807) is 47.5 Å². The van der Waals surface area contributed by atoms with Gasteiger partial charge in [0.15, 0.2) is 0 Å². The quantitative estimate of drug-likeness (QED) is 0.275. The second-order valence-electron chi connectivity index (χ2n) is 10.9. The van der Waals surface area contributed by atoms with Crippen molar-refractivity contribution in [2.75, 3.05) is 6.54 Å². The van der Waals surface area contributed by atoms with Crippen LogP contribution in [0.4, 0.5) is 0 Å². The lowest BCUT2D eigenvalue weighted by Crippen LogP contribution is -2.59. The van der Waals surface area contributed by atoms with Gasteiger partial charge >= 0.3 is 5.97 Å².